The van der Waals surface area contributed by atoms with Crippen molar-refractivity contribution in [3.63, 3.8) is 0 Å². The van der Waals surface area contributed by atoms with Gasteiger partial charge in [-0.2, -0.15) is 0 Å². The molecule has 0 aliphatic carbocycles. The minimum absolute atomic E-state index is 0.0779. The van der Waals surface area contributed by atoms with Crippen molar-refractivity contribution in [1.29, 1.82) is 0 Å². The number of amides is 1. The molecule has 0 aromatic heterocycles. The first kappa shape index (κ1) is 13.8. The summed E-state index contributed by atoms with van der Waals surface area (Å²) in [5.74, 6) is 0.143. The number of halogens is 1. The SMILES string of the molecule is Nc1ccc(C(=O)N2CCc3ccc(O)cc3C2)cc1Cl. The highest BCUT2D eigenvalue weighted by molar-refractivity contribution is 6.33. The molecule has 2 aromatic rings. The Labute approximate surface area is 127 Å². The van der Waals surface area contributed by atoms with Crippen LogP contribution >= 0.6 is 11.6 Å². The molecular weight excluding hydrogens is 288 g/mol. The van der Waals surface area contributed by atoms with Gasteiger partial charge in [-0.25, -0.2) is 0 Å². The smallest absolute Gasteiger partial charge is 0.254 e. The van der Waals surface area contributed by atoms with Gasteiger partial charge in [0.05, 0.1) is 10.7 Å². The van der Waals surface area contributed by atoms with Crippen LogP contribution in [-0.2, 0) is 13.0 Å². The van der Waals surface area contributed by atoms with Crippen LogP contribution in [0.25, 0.3) is 0 Å². The van der Waals surface area contributed by atoms with Crippen molar-refractivity contribution < 1.29 is 9.90 Å². The summed E-state index contributed by atoms with van der Waals surface area (Å²) in [5, 5.41) is 9.95. The van der Waals surface area contributed by atoms with Gasteiger partial charge in [-0.15, -0.1) is 0 Å². The van der Waals surface area contributed by atoms with E-state index in [1.807, 2.05) is 6.07 Å². The molecule has 108 valence electrons. The predicted octanol–water partition coefficient (Wildman–Crippen LogP) is 2.83. The van der Waals surface area contributed by atoms with Crippen LogP contribution < -0.4 is 5.73 Å². The highest BCUT2D eigenvalue weighted by atomic mass is 35.5. The molecule has 2 aromatic carbocycles. The van der Waals surface area contributed by atoms with Crippen molar-refractivity contribution in [1.82, 2.24) is 4.90 Å². The third-order valence-corrected chi connectivity index (χ3v) is 4.06. The number of nitrogen functional groups attached to an aromatic ring is 1. The van der Waals surface area contributed by atoms with Gasteiger partial charge in [-0.3, -0.25) is 4.79 Å². The fourth-order valence-electron chi connectivity index (χ4n) is 2.56. The van der Waals surface area contributed by atoms with E-state index in [-0.39, 0.29) is 11.7 Å². The first-order chi connectivity index (χ1) is 10.0. The second-order valence-corrected chi connectivity index (χ2v) is 5.57. The van der Waals surface area contributed by atoms with Crippen molar-refractivity contribution in [2.24, 2.45) is 0 Å². The van der Waals surface area contributed by atoms with Crippen LogP contribution in [0.2, 0.25) is 5.02 Å². The molecule has 21 heavy (non-hydrogen) atoms. The summed E-state index contributed by atoms with van der Waals surface area (Å²) in [6.07, 6.45) is 0.782. The Balaban J connectivity index is 1.85. The van der Waals surface area contributed by atoms with Gasteiger partial charge < -0.3 is 15.7 Å². The van der Waals surface area contributed by atoms with Gasteiger partial charge in [0, 0.05) is 18.7 Å². The minimum Gasteiger partial charge on any atom is -0.508 e. The summed E-state index contributed by atoms with van der Waals surface area (Å²) in [4.78, 5) is 14.3. The third-order valence-electron chi connectivity index (χ3n) is 3.74. The standard InChI is InChI=1S/C16H15ClN2O2/c17-14-8-11(2-4-15(14)18)16(21)19-6-5-10-1-3-13(20)7-12(10)9-19/h1-4,7-8,20H,5-6,9,18H2. The number of phenolic OH excluding ortho intramolecular Hbond substituents is 1. The number of phenols is 1. The fraction of sp³-hybridized carbons (Fsp3) is 0.188. The summed E-state index contributed by atoms with van der Waals surface area (Å²) in [7, 11) is 0. The predicted molar refractivity (Wildman–Crippen MR) is 82.4 cm³/mol. The molecule has 1 heterocycles. The fourth-order valence-corrected chi connectivity index (χ4v) is 2.74. The monoisotopic (exact) mass is 302 g/mol. The molecule has 0 saturated heterocycles. The molecular formula is C16H15ClN2O2. The number of nitrogens with zero attached hydrogens (tertiary/aromatic N) is 1. The van der Waals surface area contributed by atoms with E-state index in [9.17, 15) is 9.90 Å². The average Bonchev–Trinajstić information content (AvgIpc) is 2.48. The Bertz CT molecular complexity index is 715. The van der Waals surface area contributed by atoms with E-state index in [1.54, 1.807) is 35.2 Å². The van der Waals surface area contributed by atoms with Crippen LogP contribution in [0, 0.1) is 0 Å². The average molecular weight is 303 g/mol. The lowest BCUT2D eigenvalue weighted by molar-refractivity contribution is 0.0734. The van der Waals surface area contributed by atoms with E-state index in [4.69, 9.17) is 17.3 Å². The first-order valence-electron chi connectivity index (χ1n) is 6.69. The second-order valence-electron chi connectivity index (χ2n) is 5.17. The normalized spacial score (nSPS) is 13.9. The summed E-state index contributed by atoms with van der Waals surface area (Å²) in [6.45, 7) is 1.14. The van der Waals surface area contributed by atoms with Gasteiger partial charge in [0.15, 0.2) is 0 Å². The number of hydrogen-bond acceptors (Lipinski definition) is 3. The van der Waals surface area contributed by atoms with Crippen molar-refractivity contribution >= 4 is 23.2 Å². The molecule has 1 aliphatic heterocycles. The Hall–Kier alpha value is -2.20. The third kappa shape index (κ3) is 2.67. The maximum absolute atomic E-state index is 12.5. The quantitative estimate of drug-likeness (QED) is 0.796. The summed E-state index contributed by atoms with van der Waals surface area (Å²) >= 11 is 5.97. The maximum Gasteiger partial charge on any atom is 0.254 e. The molecule has 5 heteroatoms. The zero-order valence-corrected chi connectivity index (χ0v) is 12.1. The minimum atomic E-state index is -0.0779. The number of nitrogens with two attached hydrogens (primary N) is 1. The molecule has 0 bridgehead atoms. The van der Waals surface area contributed by atoms with Gasteiger partial charge in [0.2, 0.25) is 0 Å². The number of hydrogen-bond donors (Lipinski definition) is 2. The lowest BCUT2D eigenvalue weighted by Gasteiger charge is -2.29. The molecule has 4 nitrogen and oxygen atoms in total. The maximum atomic E-state index is 12.5. The number of anilines is 1. The van der Waals surface area contributed by atoms with Crippen LogP contribution in [0.5, 0.6) is 5.75 Å². The summed E-state index contributed by atoms with van der Waals surface area (Å²) in [6, 6.07) is 10.2. The zero-order chi connectivity index (χ0) is 15.0. The molecule has 0 unspecified atom stereocenters. The van der Waals surface area contributed by atoms with E-state index in [1.165, 1.54) is 5.56 Å². The number of fused-ring (bicyclic) bond motifs is 1. The Morgan fingerprint density at radius 3 is 2.76 bits per heavy atom. The number of aromatic hydroxyl groups is 1. The topological polar surface area (TPSA) is 66.6 Å². The molecule has 0 fully saturated rings. The van der Waals surface area contributed by atoms with Crippen LogP contribution in [0.15, 0.2) is 36.4 Å². The van der Waals surface area contributed by atoms with Gasteiger partial charge in [0.1, 0.15) is 5.75 Å². The molecule has 1 aliphatic rings. The van der Waals surface area contributed by atoms with Gasteiger partial charge in [-0.1, -0.05) is 17.7 Å². The van der Waals surface area contributed by atoms with Gasteiger partial charge in [-0.05, 0) is 47.9 Å². The lowest BCUT2D eigenvalue weighted by atomic mass is 9.99. The summed E-state index contributed by atoms with van der Waals surface area (Å²) in [5.41, 5.74) is 8.80. The van der Waals surface area contributed by atoms with Gasteiger partial charge >= 0.3 is 0 Å². The van der Waals surface area contributed by atoms with Crippen LogP contribution in [0.4, 0.5) is 5.69 Å². The Morgan fingerprint density at radius 1 is 1.19 bits per heavy atom. The van der Waals surface area contributed by atoms with Crippen LogP contribution in [0.3, 0.4) is 0 Å². The van der Waals surface area contributed by atoms with Crippen LogP contribution in [-0.4, -0.2) is 22.5 Å². The van der Waals surface area contributed by atoms with Crippen molar-refractivity contribution in [2.75, 3.05) is 12.3 Å². The molecule has 3 rings (SSSR count). The van der Waals surface area contributed by atoms with Crippen molar-refractivity contribution in [3.8, 4) is 5.75 Å². The second kappa shape index (κ2) is 5.30. The van der Waals surface area contributed by atoms with E-state index in [0.717, 1.165) is 12.0 Å². The molecule has 0 spiro atoms. The van der Waals surface area contributed by atoms with Gasteiger partial charge in [0.25, 0.3) is 5.91 Å². The van der Waals surface area contributed by atoms with E-state index in [2.05, 4.69) is 0 Å². The molecule has 3 N–H and O–H groups in total. The largest absolute Gasteiger partial charge is 0.508 e. The first-order valence-corrected chi connectivity index (χ1v) is 7.07. The lowest BCUT2D eigenvalue weighted by Crippen LogP contribution is -2.35. The van der Waals surface area contributed by atoms with Crippen molar-refractivity contribution in [2.45, 2.75) is 13.0 Å². The molecule has 0 radical (unpaired) electrons. The summed E-state index contributed by atoms with van der Waals surface area (Å²) < 4.78 is 0. The molecule has 1 amide bonds. The Kier molecular flexibility index (Phi) is 3.47. The molecule has 0 saturated carbocycles. The highest BCUT2D eigenvalue weighted by Gasteiger charge is 2.22. The number of carbonyl (C=O) groups excluding carboxylic acids is 1. The Morgan fingerprint density at radius 2 is 2.00 bits per heavy atom. The van der Waals surface area contributed by atoms with E-state index < -0.39 is 0 Å². The number of benzene rings is 2. The van der Waals surface area contributed by atoms with E-state index >= 15 is 0 Å². The number of carbonyl (C=O) groups is 1. The van der Waals surface area contributed by atoms with Crippen molar-refractivity contribution in [3.05, 3.63) is 58.1 Å². The van der Waals surface area contributed by atoms with Crippen LogP contribution in [0.1, 0.15) is 21.5 Å². The molecule has 0 atom stereocenters. The number of rotatable bonds is 1. The zero-order valence-electron chi connectivity index (χ0n) is 11.3. The highest BCUT2D eigenvalue weighted by Crippen LogP contribution is 2.25. The van der Waals surface area contributed by atoms with E-state index in [0.29, 0.717) is 29.4 Å².